The summed E-state index contributed by atoms with van der Waals surface area (Å²) >= 11 is 0. The van der Waals surface area contributed by atoms with E-state index in [0.29, 0.717) is 49.6 Å². The first-order valence-electron chi connectivity index (χ1n) is 21.8. The third-order valence-electron chi connectivity index (χ3n) is 10.7. The monoisotopic (exact) mass is 1010 g/mol. The molecule has 0 aliphatic carbocycles. The number of hydrogen-bond donors (Lipinski definition) is 5. The molecule has 0 bridgehead atoms. The van der Waals surface area contributed by atoms with Crippen LogP contribution in [-0.4, -0.2) is 34.3 Å². The summed E-state index contributed by atoms with van der Waals surface area (Å²) in [6.07, 6.45) is -5.22. The fourth-order valence-electron chi connectivity index (χ4n) is 7.05. The Kier molecular flexibility index (Phi) is 15.0. The van der Waals surface area contributed by atoms with Crippen LogP contribution in [0.1, 0.15) is 43.0 Å². The molecule has 0 aliphatic rings. The lowest BCUT2D eigenvalue weighted by Crippen LogP contribution is -2.34. The highest BCUT2D eigenvalue weighted by molar-refractivity contribution is 6.10. The van der Waals surface area contributed by atoms with Crippen LogP contribution < -0.4 is 16.1 Å². The van der Waals surface area contributed by atoms with Gasteiger partial charge in [0.05, 0.1) is 28.2 Å². The number of fused-ring (bicyclic) bond motifs is 2. The number of phenols is 2. The number of azo groups is 2. The number of rotatable bonds is 15. The topological polar surface area (TPSA) is 208 Å². The van der Waals surface area contributed by atoms with E-state index in [9.17, 15) is 50.9 Å². The number of alkyl halides is 6. The molecular weight excluding hydrogens is 975 g/mol. The maximum atomic E-state index is 13.1. The van der Waals surface area contributed by atoms with Crippen LogP contribution in [0.15, 0.2) is 189 Å². The summed E-state index contributed by atoms with van der Waals surface area (Å²) in [5, 5.41) is 48.4. The molecule has 8 aromatic rings. The molecule has 8 aromatic carbocycles. The second kappa shape index (κ2) is 22.0. The lowest BCUT2D eigenvalue weighted by Gasteiger charge is -2.11. The van der Waals surface area contributed by atoms with E-state index in [1.807, 2.05) is 0 Å². The second-order valence-electron chi connectivity index (χ2n) is 15.9. The van der Waals surface area contributed by atoms with Gasteiger partial charge in [-0.15, -0.1) is 10.2 Å². The maximum Gasteiger partial charge on any atom is 0.416 e. The van der Waals surface area contributed by atoms with Gasteiger partial charge in [-0.3, -0.25) is 14.9 Å². The molecule has 0 heterocycles. The van der Waals surface area contributed by atoms with Gasteiger partial charge in [-0.2, -0.15) is 36.6 Å². The molecule has 8 rings (SSSR count). The Balaban J connectivity index is 0.829. The van der Waals surface area contributed by atoms with Crippen LogP contribution in [0.25, 0.3) is 27.6 Å². The minimum absolute atomic E-state index is 0.0186. The first-order valence-corrected chi connectivity index (χ1v) is 21.8. The lowest BCUT2D eigenvalue weighted by molar-refractivity contribution is -0.138. The molecule has 0 unspecified atom stereocenters. The van der Waals surface area contributed by atoms with Crippen LogP contribution in [0.3, 0.4) is 0 Å². The first-order chi connectivity index (χ1) is 35.5. The van der Waals surface area contributed by atoms with Gasteiger partial charge in [-0.25, -0.2) is 10.3 Å². The number of nitrogens with one attached hydrogen (secondary N) is 3. The summed E-state index contributed by atoms with van der Waals surface area (Å²) in [5.74, 6) is -1.44. The Hall–Kier alpha value is -9.92. The molecule has 3 amide bonds. The molecule has 0 fully saturated rings. The van der Waals surface area contributed by atoms with Crippen molar-refractivity contribution < 1.29 is 60.6 Å². The normalized spacial score (nSPS) is 12.0. The van der Waals surface area contributed by atoms with Crippen LogP contribution >= 0.6 is 0 Å². The summed E-state index contributed by atoms with van der Waals surface area (Å²) in [5.41, 5.74) is 3.34. The van der Waals surface area contributed by atoms with Gasteiger partial charge in [0.25, 0.3) is 5.91 Å². The molecule has 0 saturated heterocycles. The van der Waals surface area contributed by atoms with Gasteiger partial charge >= 0.3 is 18.4 Å². The van der Waals surface area contributed by atoms with Crippen molar-refractivity contribution in [1.29, 1.82) is 0 Å². The number of phenolic OH excluding ortho intramolecular Hbond substituents is 2. The summed E-state index contributed by atoms with van der Waals surface area (Å²) in [7, 11) is 0. The van der Waals surface area contributed by atoms with E-state index in [1.165, 1.54) is 60.7 Å². The smallest absolute Gasteiger partial charge is 0.416 e. The zero-order valence-corrected chi connectivity index (χ0v) is 37.9. The van der Waals surface area contributed by atoms with Crippen molar-refractivity contribution >= 4 is 85.9 Å². The van der Waals surface area contributed by atoms with Gasteiger partial charge < -0.3 is 25.2 Å². The van der Waals surface area contributed by atoms with Crippen molar-refractivity contribution in [3.05, 3.63) is 197 Å². The third kappa shape index (κ3) is 12.9. The van der Waals surface area contributed by atoms with Gasteiger partial charge in [0.15, 0.2) is 5.78 Å². The number of ketones is 1. The number of allylic oxidation sites excluding steroid dienone is 1. The molecule has 15 nitrogen and oxygen atoms in total. The highest BCUT2D eigenvalue weighted by atomic mass is 19.4. The number of benzene rings is 8. The molecule has 5 N–H and O–H groups in total. The van der Waals surface area contributed by atoms with Gasteiger partial charge in [0.1, 0.15) is 29.5 Å². The molecule has 21 heteroatoms. The van der Waals surface area contributed by atoms with Gasteiger partial charge in [-0.05, 0) is 131 Å². The third-order valence-corrected chi connectivity index (χ3v) is 10.7. The van der Waals surface area contributed by atoms with E-state index in [4.69, 9.17) is 9.68 Å². The second-order valence-corrected chi connectivity index (χ2v) is 15.9. The molecule has 372 valence electrons. The number of carbonyl (C=O) groups is 3. The lowest BCUT2D eigenvalue weighted by atomic mass is 10.0. The predicted octanol–water partition coefficient (Wildman–Crippen LogP) is 14.6. The van der Waals surface area contributed by atoms with E-state index in [0.717, 1.165) is 36.7 Å². The predicted molar refractivity (Wildman–Crippen MR) is 263 cm³/mol. The highest BCUT2D eigenvalue weighted by Gasteiger charge is 2.31. The molecule has 0 spiro atoms. The molecular formula is C53H36F6N8O7. The number of amides is 3. The average Bonchev–Trinajstić information content (AvgIpc) is 3.38. The van der Waals surface area contributed by atoms with Crippen molar-refractivity contribution in [2.24, 2.45) is 25.6 Å². The van der Waals surface area contributed by atoms with Crippen LogP contribution in [0, 0.1) is 0 Å². The summed E-state index contributed by atoms with van der Waals surface area (Å²) in [6.45, 7) is 0.0186. The Bertz CT molecular complexity index is 3530. The molecule has 0 radical (unpaired) electrons. The maximum absolute atomic E-state index is 13.1. The van der Waals surface area contributed by atoms with Crippen LogP contribution in [0.4, 0.5) is 65.3 Å². The van der Waals surface area contributed by atoms with E-state index in [2.05, 4.69) is 41.7 Å². The summed E-state index contributed by atoms with van der Waals surface area (Å²) in [6, 6.07) is 36.0. The number of urea groups is 1. The Labute approximate surface area is 414 Å². The fourth-order valence-corrected chi connectivity index (χ4v) is 7.05. The molecule has 74 heavy (non-hydrogen) atoms. The van der Waals surface area contributed by atoms with Crippen molar-refractivity contribution in [2.45, 2.75) is 19.0 Å². The number of nitrogens with zero attached hydrogens (tertiary/aromatic N) is 5. The summed E-state index contributed by atoms with van der Waals surface area (Å²) < 4.78 is 77.9. The molecule has 0 saturated carbocycles. The number of hydrogen-bond acceptors (Lipinski definition) is 13. The van der Waals surface area contributed by atoms with Crippen molar-refractivity contribution in [3.8, 4) is 11.5 Å². The highest BCUT2D eigenvalue weighted by Crippen LogP contribution is 2.39. The largest absolute Gasteiger partial charge is 0.506 e. The SMILES string of the molecule is O=C(NC(=O)c1ccc2c(N=Nc3ccc(/C=C/C(=O)c4ccc(N=Nc5c(O)ccc6cc(CO/N=C/ONc7cccc(C(F)(F)F)c7)ccc56)cc4)cc3)c(O)ccc2c1)Nc1cccc(C(F)(F)F)c1. The summed E-state index contributed by atoms with van der Waals surface area (Å²) in [4.78, 5) is 48.5. The first kappa shape index (κ1) is 50.5. The number of carbonyl (C=O) groups excluding carboxylic acids is 3. The Morgan fingerprint density at radius 2 is 1.14 bits per heavy atom. The van der Waals surface area contributed by atoms with Crippen molar-refractivity contribution in [1.82, 2.24) is 5.32 Å². The molecule has 0 atom stereocenters. The van der Waals surface area contributed by atoms with E-state index >= 15 is 0 Å². The minimum atomic E-state index is -4.62. The van der Waals surface area contributed by atoms with E-state index in [1.54, 1.807) is 78.9 Å². The number of imide groups is 1. The van der Waals surface area contributed by atoms with Gasteiger partial charge in [-0.1, -0.05) is 65.8 Å². The zero-order valence-electron chi connectivity index (χ0n) is 37.9. The minimum Gasteiger partial charge on any atom is -0.506 e. The number of halogens is 6. The van der Waals surface area contributed by atoms with Crippen LogP contribution in [0.2, 0.25) is 0 Å². The van der Waals surface area contributed by atoms with Gasteiger partial charge in [0, 0.05) is 27.6 Å². The molecule has 0 aliphatic heterocycles. The number of oxime groups is 1. The zero-order chi connectivity index (χ0) is 52.4. The van der Waals surface area contributed by atoms with E-state index in [-0.39, 0.29) is 52.2 Å². The standard InChI is InChI=1S/C53H36F6N8O7/c54-52(55,56)37-3-1-5-41(27-37)61-51(72)62-50(71)36-13-21-44-35(26-36)15-24-47(70)49(44)66-63-39-16-7-31(8-17-39)10-22-45(68)33-11-18-40(19-12-33)64-65-48-43-20-9-32(25-34(43)14-23-46(48)69)29-73-60-30-74-67-42-6-2-4-38(28-42)53(57,58)59/h1-28,30,67,69-70H,29H2,(H2,61,62,71,72)/b22-10+,60-30+,65-64?,66-63?. The van der Waals surface area contributed by atoms with Crippen molar-refractivity contribution in [2.75, 3.05) is 10.8 Å². The molecule has 0 aromatic heterocycles. The Morgan fingerprint density at radius 1 is 0.581 bits per heavy atom. The fraction of sp³-hybridized carbons (Fsp3) is 0.0566. The number of aromatic hydroxyl groups is 2. The van der Waals surface area contributed by atoms with E-state index < -0.39 is 35.4 Å². The number of anilines is 2. The van der Waals surface area contributed by atoms with Crippen LogP contribution in [-0.2, 0) is 28.6 Å². The van der Waals surface area contributed by atoms with Gasteiger partial charge in [0.2, 0.25) is 6.40 Å². The quantitative estimate of drug-likeness (QED) is 0.0127. The van der Waals surface area contributed by atoms with Crippen LogP contribution in [0.5, 0.6) is 11.5 Å². The average molecular weight is 1010 g/mol. The van der Waals surface area contributed by atoms with Crippen molar-refractivity contribution in [3.63, 3.8) is 0 Å². The Morgan fingerprint density at radius 3 is 1.76 bits per heavy atom.